The van der Waals surface area contributed by atoms with E-state index >= 15 is 0 Å². The average Bonchev–Trinajstić information content (AvgIpc) is 2.16. The highest BCUT2D eigenvalue weighted by Gasteiger charge is 1.96. The van der Waals surface area contributed by atoms with Crippen LogP contribution in [0.15, 0.2) is 24.3 Å². The van der Waals surface area contributed by atoms with Crippen LogP contribution in [0.25, 0.3) is 0 Å². The second-order valence-electron chi connectivity index (χ2n) is 3.68. The van der Waals surface area contributed by atoms with Crippen LogP contribution < -0.4 is 0 Å². The van der Waals surface area contributed by atoms with Gasteiger partial charge < -0.3 is 0 Å². The van der Waals surface area contributed by atoms with E-state index in [4.69, 9.17) is 0 Å². The Kier molecular flexibility index (Phi) is 3.94. The largest absolute Gasteiger partial charge is 0.289 e. The molecule has 0 aliphatic carbocycles. The van der Waals surface area contributed by atoms with Crippen molar-refractivity contribution in [3.8, 4) is 11.8 Å². The zero-order valence-electron chi connectivity index (χ0n) is 8.58. The number of aldehydes is 1. The second-order valence-corrected chi connectivity index (χ2v) is 3.68. The first-order valence-corrected chi connectivity index (χ1v) is 4.76. The molecule has 72 valence electrons. The van der Waals surface area contributed by atoms with E-state index in [1.54, 1.807) is 0 Å². The number of carbonyl (C=O) groups is 1. The predicted octanol–water partition coefficient (Wildman–Crippen LogP) is 2.44. The van der Waals surface area contributed by atoms with Gasteiger partial charge in [-0.25, -0.2) is 0 Å². The Labute approximate surface area is 85.1 Å². The molecular weight excluding hydrogens is 172 g/mol. The van der Waals surface area contributed by atoms with Gasteiger partial charge in [-0.3, -0.25) is 4.79 Å². The fourth-order valence-electron chi connectivity index (χ4n) is 1.31. The van der Waals surface area contributed by atoms with Crippen molar-refractivity contribution >= 4 is 6.29 Å². The molecule has 0 fully saturated rings. The van der Waals surface area contributed by atoms with Crippen LogP contribution in [0.1, 0.15) is 25.0 Å². The maximum Gasteiger partial charge on any atom is 0.193 e. The summed E-state index contributed by atoms with van der Waals surface area (Å²) in [5, 5.41) is 0. The van der Waals surface area contributed by atoms with Crippen LogP contribution >= 0.6 is 0 Å². The molecule has 1 aromatic rings. The Bertz CT molecular complexity index is 349. The molecule has 0 spiro atoms. The number of benzene rings is 1. The van der Waals surface area contributed by atoms with Gasteiger partial charge >= 0.3 is 0 Å². The van der Waals surface area contributed by atoms with Crippen LogP contribution in [0.5, 0.6) is 0 Å². The van der Waals surface area contributed by atoms with Gasteiger partial charge in [0.15, 0.2) is 6.29 Å². The fourth-order valence-corrected chi connectivity index (χ4v) is 1.31. The highest BCUT2D eigenvalue weighted by Crippen LogP contribution is 2.08. The van der Waals surface area contributed by atoms with E-state index in [1.807, 2.05) is 12.1 Å². The van der Waals surface area contributed by atoms with E-state index in [0.29, 0.717) is 12.2 Å². The molecule has 0 aromatic heterocycles. The number of carbonyl (C=O) groups excluding carboxylic acids is 1. The molecule has 0 aliphatic rings. The van der Waals surface area contributed by atoms with Crippen molar-refractivity contribution in [1.29, 1.82) is 0 Å². The Morgan fingerprint density at radius 3 is 2.43 bits per heavy atom. The first-order valence-electron chi connectivity index (χ1n) is 4.76. The minimum atomic E-state index is 0.613. The van der Waals surface area contributed by atoms with Crippen LogP contribution in [0, 0.1) is 17.8 Å². The van der Waals surface area contributed by atoms with Gasteiger partial charge in [-0.05, 0) is 36.0 Å². The lowest BCUT2D eigenvalue weighted by Crippen LogP contribution is -1.93. The smallest absolute Gasteiger partial charge is 0.193 e. The predicted molar refractivity (Wildman–Crippen MR) is 57.9 cm³/mol. The highest BCUT2D eigenvalue weighted by atomic mass is 16.1. The molecular formula is C13H14O. The monoisotopic (exact) mass is 186 g/mol. The third-order valence-corrected chi connectivity index (χ3v) is 1.87. The lowest BCUT2D eigenvalue weighted by molar-refractivity contribution is -0.103. The topological polar surface area (TPSA) is 17.1 Å². The third kappa shape index (κ3) is 3.45. The van der Waals surface area contributed by atoms with E-state index in [1.165, 1.54) is 5.56 Å². The molecule has 0 radical (unpaired) electrons. The van der Waals surface area contributed by atoms with Gasteiger partial charge in [0.2, 0.25) is 0 Å². The van der Waals surface area contributed by atoms with E-state index in [0.717, 1.165) is 12.0 Å². The fraction of sp³-hybridized carbons (Fsp3) is 0.308. The van der Waals surface area contributed by atoms with Crippen molar-refractivity contribution in [3.05, 3.63) is 35.4 Å². The lowest BCUT2D eigenvalue weighted by atomic mass is 10.0. The number of hydrogen-bond acceptors (Lipinski definition) is 1. The summed E-state index contributed by atoms with van der Waals surface area (Å²) in [4.78, 5) is 10.0. The van der Waals surface area contributed by atoms with Crippen LogP contribution in [0.3, 0.4) is 0 Å². The molecule has 0 amide bonds. The van der Waals surface area contributed by atoms with Gasteiger partial charge in [0.1, 0.15) is 0 Å². The molecule has 1 rings (SSSR count). The minimum absolute atomic E-state index is 0.613. The molecule has 0 aliphatic heterocycles. The molecule has 1 aromatic carbocycles. The average molecular weight is 186 g/mol. The molecule has 0 bridgehead atoms. The van der Waals surface area contributed by atoms with Gasteiger partial charge in [0.25, 0.3) is 0 Å². The van der Waals surface area contributed by atoms with Crippen molar-refractivity contribution in [2.75, 3.05) is 0 Å². The Morgan fingerprint density at radius 2 is 1.93 bits per heavy atom. The van der Waals surface area contributed by atoms with Gasteiger partial charge in [-0.2, -0.15) is 0 Å². The zero-order valence-corrected chi connectivity index (χ0v) is 8.58. The van der Waals surface area contributed by atoms with Gasteiger partial charge in [0, 0.05) is 5.56 Å². The summed E-state index contributed by atoms with van der Waals surface area (Å²) in [5.41, 5.74) is 2.21. The summed E-state index contributed by atoms with van der Waals surface area (Å²) in [5.74, 6) is 5.82. The molecule has 1 heteroatoms. The summed E-state index contributed by atoms with van der Waals surface area (Å²) >= 11 is 0. The van der Waals surface area contributed by atoms with Crippen molar-refractivity contribution in [1.82, 2.24) is 0 Å². The Balaban J connectivity index is 2.73. The molecule has 0 N–H and O–H groups in total. The molecule has 0 atom stereocenters. The van der Waals surface area contributed by atoms with E-state index < -0.39 is 0 Å². The number of hydrogen-bond donors (Lipinski definition) is 0. The maximum atomic E-state index is 10.0. The first-order chi connectivity index (χ1) is 6.72. The standard InChI is InChI=1S/C13H14O/c1-11(2)10-13-7-5-12(6-8-13)4-3-9-14/h5-9,11H,10H2,1-2H3. The molecule has 1 nitrogen and oxygen atoms in total. The first kappa shape index (κ1) is 10.5. The molecule has 14 heavy (non-hydrogen) atoms. The molecule has 0 unspecified atom stereocenters. The second kappa shape index (κ2) is 5.24. The van der Waals surface area contributed by atoms with E-state index in [2.05, 4.69) is 37.8 Å². The third-order valence-electron chi connectivity index (χ3n) is 1.87. The van der Waals surface area contributed by atoms with Gasteiger partial charge in [-0.1, -0.05) is 31.9 Å². The Hall–Kier alpha value is -1.55. The summed E-state index contributed by atoms with van der Waals surface area (Å²) in [6.45, 7) is 4.39. The molecule has 0 saturated heterocycles. The van der Waals surface area contributed by atoms with Crippen LogP contribution in [-0.4, -0.2) is 6.29 Å². The summed E-state index contributed by atoms with van der Waals surface area (Å²) in [6.07, 6.45) is 1.70. The molecule has 0 heterocycles. The van der Waals surface area contributed by atoms with Gasteiger partial charge in [-0.15, -0.1) is 0 Å². The van der Waals surface area contributed by atoms with Crippen LogP contribution in [0.4, 0.5) is 0 Å². The minimum Gasteiger partial charge on any atom is -0.289 e. The van der Waals surface area contributed by atoms with Crippen LogP contribution in [-0.2, 0) is 11.2 Å². The highest BCUT2D eigenvalue weighted by molar-refractivity contribution is 5.73. The lowest BCUT2D eigenvalue weighted by Gasteiger charge is -2.03. The van der Waals surface area contributed by atoms with E-state index in [9.17, 15) is 4.79 Å². The summed E-state index contributed by atoms with van der Waals surface area (Å²) < 4.78 is 0. The Morgan fingerprint density at radius 1 is 1.29 bits per heavy atom. The maximum absolute atomic E-state index is 10.0. The normalized spacial score (nSPS) is 9.36. The van der Waals surface area contributed by atoms with E-state index in [-0.39, 0.29) is 0 Å². The van der Waals surface area contributed by atoms with Crippen molar-refractivity contribution in [3.63, 3.8) is 0 Å². The summed E-state index contributed by atoms with van der Waals surface area (Å²) in [6, 6.07) is 8.03. The van der Waals surface area contributed by atoms with Crippen molar-refractivity contribution < 1.29 is 4.79 Å². The summed E-state index contributed by atoms with van der Waals surface area (Å²) in [7, 11) is 0. The molecule has 0 saturated carbocycles. The van der Waals surface area contributed by atoms with Crippen LogP contribution in [0.2, 0.25) is 0 Å². The van der Waals surface area contributed by atoms with Gasteiger partial charge in [0.05, 0.1) is 0 Å². The quantitative estimate of drug-likeness (QED) is 0.512. The van der Waals surface area contributed by atoms with Crippen molar-refractivity contribution in [2.24, 2.45) is 5.92 Å². The number of rotatable bonds is 2. The zero-order chi connectivity index (χ0) is 10.4. The SMILES string of the molecule is CC(C)Cc1ccc(C#CC=O)cc1. The van der Waals surface area contributed by atoms with Crippen molar-refractivity contribution in [2.45, 2.75) is 20.3 Å².